The maximum absolute atomic E-state index is 5.57. The lowest BCUT2D eigenvalue weighted by Crippen LogP contribution is -2.32. The van der Waals surface area contributed by atoms with Crippen molar-refractivity contribution in [3.05, 3.63) is 12.1 Å². The Labute approximate surface area is 109 Å². The van der Waals surface area contributed by atoms with Gasteiger partial charge >= 0.3 is 0 Å². The summed E-state index contributed by atoms with van der Waals surface area (Å²) in [6.45, 7) is 0. The third-order valence-corrected chi connectivity index (χ3v) is 2.28. The zero-order chi connectivity index (χ0) is 13.8. The first-order valence-corrected chi connectivity index (χ1v) is 5.25. The largest absolute Gasteiger partial charge is 0.481 e. The number of hydrogen-bond donors (Lipinski definition) is 3. The number of ether oxygens (including phenoxy) is 2. The minimum absolute atomic E-state index is 0.144. The number of amidine groups is 2. The third-order valence-electron chi connectivity index (χ3n) is 2.28. The van der Waals surface area contributed by atoms with E-state index in [9.17, 15) is 0 Å². The van der Waals surface area contributed by atoms with Crippen LogP contribution in [0.25, 0.3) is 0 Å². The number of nitrogens with two attached hydrogens (primary N) is 2. The minimum atomic E-state index is 0.144. The molecule has 1 aliphatic heterocycles. The van der Waals surface area contributed by atoms with E-state index in [1.165, 1.54) is 14.2 Å². The van der Waals surface area contributed by atoms with Gasteiger partial charge in [-0.1, -0.05) is 0 Å². The molecule has 1 aromatic rings. The first kappa shape index (κ1) is 12.6. The van der Waals surface area contributed by atoms with E-state index in [0.29, 0.717) is 17.4 Å². The number of aromatic nitrogens is 1. The molecule has 0 spiro atoms. The van der Waals surface area contributed by atoms with Crippen molar-refractivity contribution in [3.8, 4) is 11.8 Å². The van der Waals surface area contributed by atoms with Gasteiger partial charge in [0, 0.05) is 6.07 Å². The molecule has 1 aliphatic rings. The number of rotatable bonds is 4. The molecule has 0 fully saturated rings. The Hall–Kier alpha value is -2.84. The number of hydrazone groups is 1. The molecule has 100 valence electrons. The number of methoxy groups -OCH3 is 2. The number of nitrogens with one attached hydrogen (secondary N) is 1. The summed E-state index contributed by atoms with van der Waals surface area (Å²) in [5.41, 5.74) is 14.7. The van der Waals surface area contributed by atoms with Crippen LogP contribution in [0.5, 0.6) is 11.8 Å². The standard InChI is InChI=1S/C10H13N7O2/c1-18-6-4-3-5(10(13-6)19-2)14-15-7-8(11)16-17-9(7)12/h3-4,14H,1-2H3,(H4,11,12,15,16,17). The Morgan fingerprint density at radius 1 is 1.11 bits per heavy atom. The lowest BCUT2D eigenvalue weighted by molar-refractivity contribution is 0.366. The molecule has 0 unspecified atom stereocenters. The van der Waals surface area contributed by atoms with Crippen LogP contribution < -0.4 is 26.4 Å². The molecule has 0 amide bonds. The quantitative estimate of drug-likeness (QED) is 0.628. The maximum atomic E-state index is 5.57. The Bertz CT molecular complexity index is 559. The van der Waals surface area contributed by atoms with Gasteiger partial charge in [-0.25, -0.2) is 0 Å². The van der Waals surface area contributed by atoms with Crippen LogP contribution in [-0.2, 0) is 0 Å². The van der Waals surface area contributed by atoms with Gasteiger partial charge in [0.15, 0.2) is 17.4 Å². The highest BCUT2D eigenvalue weighted by Gasteiger charge is 2.16. The van der Waals surface area contributed by atoms with Gasteiger partial charge in [-0.05, 0) is 6.07 Å². The van der Waals surface area contributed by atoms with Crippen molar-refractivity contribution in [2.45, 2.75) is 0 Å². The summed E-state index contributed by atoms with van der Waals surface area (Å²) in [5.74, 6) is 1.04. The van der Waals surface area contributed by atoms with Crippen LogP contribution >= 0.6 is 0 Å². The molecule has 0 saturated heterocycles. The normalized spacial score (nSPS) is 13.7. The summed E-state index contributed by atoms with van der Waals surface area (Å²) in [5, 5.41) is 11.2. The van der Waals surface area contributed by atoms with E-state index in [4.69, 9.17) is 20.9 Å². The van der Waals surface area contributed by atoms with Gasteiger partial charge in [-0.2, -0.15) is 10.1 Å². The fourth-order valence-corrected chi connectivity index (χ4v) is 1.34. The Morgan fingerprint density at radius 3 is 2.37 bits per heavy atom. The van der Waals surface area contributed by atoms with Gasteiger partial charge in [0.05, 0.1) is 14.2 Å². The van der Waals surface area contributed by atoms with Crippen LogP contribution in [0, 0.1) is 0 Å². The smallest absolute Gasteiger partial charge is 0.242 e. The van der Waals surface area contributed by atoms with Gasteiger partial charge in [-0.15, -0.1) is 10.2 Å². The SMILES string of the molecule is COc1ccc(NN=C2C(N)=NN=C2N)c(OC)n1. The van der Waals surface area contributed by atoms with Crippen LogP contribution in [0.15, 0.2) is 27.4 Å². The molecular formula is C10H13N7O2. The third kappa shape index (κ3) is 2.54. The summed E-state index contributed by atoms with van der Waals surface area (Å²) < 4.78 is 10.1. The fraction of sp³-hybridized carbons (Fsp3) is 0.200. The van der Waals surface area contributed by atoms with Gasteiger partial charge in [0.1, 0.15) is 5.69 Å². The first-order chi connectivity index (χ1) is 9.15. The maximum Gasteiger partial charge on any atom is 0.242 e. The number of anilines is 1. The van der Waals surface area contributed by atoms with Gasteiger partial charge in [0.2, 0.25) is 11.8 Å². The molecule has 2 rings (SSSR count). The molecule has 0 saturated carbocycles. The second-order valence-corrected chi connectivity index (χ2v) is 3.45. The highest BCUT2D eigenvalue weighted by molar-refractivity contribution is 6.68. The van der Waals surface area contributed by atoms with E-state index in [0.717, 1.165) is 0 Å². The molecule has 0 aromatic carbocycles. The van der Waals surface area contributed by atoms with Gasteiger partial charge in [0.25, 0.3) is 0 Å². The molecule has 0 aliphatic carbocycles. The fourth-order valence-electron chi connectivity index (χ4n) is 1.34. The average molecular weight is 263 g/mol. The van der Waals surface area contributed by atoms with Crippen LogP contribution in [0.3, 0.4) is 0 Å². The summed E-state index contributed by atoms with van der Waals surface area (Å²) in [7, 11) is 3.00. The summed E-state index contributed by atoms with van der Waals surface area (Å²) in [6.07, 6.45) is 0. The van der Waals surface area contributed by atoms with Crippen molar-refractivity contribution in [1.29, 1.82) is 0 Å². The monoisotopic (exact) mass is 263 g/mol. The van der Waals surface area contributed by atoms with E-state index in [1.54, 1.807) is 12.1 Å². The lowest BCUT2D eigenvalue weighted by atomic mass is 10.3. The van der Waals surface area contributed by atoms with E-state index < -0.39 is 0 Å². The highest BCUT2D eigenvalue weighted by Crippen LogP contribution is 2.24. The van der Waals surface area contributed by atoms with Crippen molar-refractivity contribution in [1.82, 2.24) is 4.98 Å². The second-order valence-electron chi connectivity index (χ2n) is 3.45. The molecular weight excluding hydrogens is 250 g/mol. The van der Waals surface area contributed by atoms with Crippen LogP contribution in [0.4, 0.5) is 5.69 Å². The van der Waals surface area contributed by atoms with Gasteiger partial charge < -0.3 is 20.9 Å². The van der Waals surface area contributed by atoms with Crippen LogP contribution in [0.2, 0.25) is 0 Å². The predicted molar refractivity (Wildman–Crippen MR) is 71.6 cm³/mol. The van der Waals surface area contributed by atoms with E-state index >= 15 is 0 Å². The van der Waals surface area contributed by atoms with Gasteiger partial charge in [-0.3, -0.25) is 5.43 Å². The topological polar surface area (TPSA) is 132 Å². The molecule has 2 heterocycles. The Kier molecular flexibility index (Phi) is 3.46. The number of hydrogen-bond acceptors (Lipinski definition) is 9. The molecule has 5 N–H and O–H groups in total. The van der Waals surface area contributed by atoms with Crippen LogP contribution in [0.1, 0.15) is 0 Å². The Morgan fingerprint density at radius 2 is 1.79 bits per heavy atom. The highest BCUT2D eigenvalue weighted by atomic mass is 16.5. The molecule has 0 bridgehead atoms. The van der Waals surface area contributed by atoms with Crippen molar-refractivity contribution in [3.63, 3.8) is 0 Å². The van der Waals surface area contributed by atoms with Crippen LogP contribution in [-0.4, -0.2) is 36.6 Å². The molecule has 9 nitrogen and oxygen atoms in total. The van der Waals surface area contributed by atoms with E-state index in [-0.39, 0.29) is 17.4 Å². The summed E-state index contributed by atoms with van der Waals surface area (Å²) >= 11 is 0. The van der Waals surface area contributed by atoms with E-state index in [2.05, 4.69) is 25.7 Å². The predicted octanol–water partition coefficient (Wildman–Crippen LogP) is -0.490. The minimum Gasteiger partial charge on any atom is -0.481 e. The first-order valence-electron chi connectivity index (χ1n) is 5.25. The zero-order valence-corrected chi connectivity index (χ0v) is 10.4. The number of pyridine rings is 1. The summed E-state index contributed by atoms with van der Waals surface area (Å²) in [4.78, 5) is 4.09. The summed E-state index contributed by atoms with van der Waals surface area (Å²) in [6, 6.07) is 3.36. The average Bonchev–Trinajstić information content (AvgIpc) is 2.75. The zero-order valence-electron chi connectivity index (χ0n) is 10.4. The van der Waals surface area contributed by atoms with E-state index in [1.807, 2.05) is 0 Å². The van der Waals surface area contributed by atoms with Crippen molar-refractivity contribution >= 4 is 23.1 Å². The van der Waals surface area contributed by atoms with Crippen molar-refractivity contribution in [2.75, 3.05) is 19.6 Å². The Balaban J connectivity index is 2.22. The molecule has 1 aromatic heterocycles. The molecule has 9 heteroatoms. The lowest BCUT2D eigenvalue weighted by Gasteiger charge is -2.08. The van der Waals surface area contributed by atoms with Crippen molar-refractivity contribution in [2.24, 2.45) is 26.8 Å². The molecule has 19 heavy (non-hydrogen) atoms. The number of nitrogens with zero attached hydrogens (tertiary/aromatic N) is 4. The molecule has 0 atom stereocenters. The molecule has 0 radical (unpaired) electrons. The second kappa shape index (κ2) is 5.21. The van der Waals surface area contributed by atoms with Crippen molar-refractivity contribution < 1.29 is 9.47 Å².